The second-order valence-electron chi connectivity index (χ2n) is 6.68. The maximum atomic E-state index is 12.1. The number of amides is 2. The van der Waals surface area contributed by atoms with Gasteiger partial charge in [0.05, 0.1) is 5.60 Å². The van der Waals surface area contributed by atoms with E-state index in [1.807, 2.05) is 42.5 Å². The van der Waals surface area contributed by atoms with Crippen molar-refractivity contribution < 1.29 is 9.90 Å². The minimum atomic E-state index is -0.856. The number of carbonyl (C=O) groups is 1. The Hall–Kier alpha value is -2.37. The third kappa shape index (κ3) is 5.31. The molecule has 5 nitrogen and oxygen atoms in total. The van der Waals surface area contributed by atoms with Crippen LogP contribution in [0.3, 0.4) is 0 Å². The van der Waals surface area contributed by atoms with Gasteiger partial charge in [0, 0.05) is 18.8 Å². The van der Waals surface area contributed by atoms with E-state index in [2.05, 4.69) is 28.1 Å². The van der Waals surface area contributed by atoms with Crippen LogP contribution < -0.4 is 16.0 Å². The highest BCUT2D eigenvalue weighted by Gasteiger charge is 2.29. The van der Waals surface area contributed by atoms with Crippen LogP contribution in [0, 0.1) is 0 Å². The van der Waals surface area contributed by atoms with Gasteiger partial charge >= 0.3 is 6.03 Å². The molecule has 132 valence electrons. The maximum absolute atomic E-state index is 12.1. The molecule has 0 aromatic heterocycles. The number of anilines is 1. The number of aliphatic hydroxyl groups is 1. The molecule has 1 saturated heterocycles. The number of β-amino-alcohol motifs (C(OH)–C–C–N with tert-alkyl or cyclic N) is 1. The summed E-state index contributed by atoms with van der Waals surface area (Å²) < 4.78 is 0. The summed E-state index contributed by atoms with van der Waals surface area (Å²) in [5.74, 6) is 0. The Balaban J connectivity index is 1.53. The summed E-state index contributed by atoms with van der Waals surface area (Å²) >= 11 is 0. The largest absolute Gasteiger partial charge is 0.387 e. The molecule has 3 rings (SSSR count). The zero-order chi connectivity index (χ0) is 17.5. The fourth-order valence-electron chi connectivity index (χ4n) is 3.11. The monoisotopic (exact) mass is 339 g/mol. The first-order valence-electron chi connectivity index (χ1n) is 8.74. The van der Waals surface area contributed by atoms with Crippen molar-refractivity contribution in [3.05, 3.63) is 65.7 Å². The van der Waals surface area contributed by atoms with Gasteiger partial charge in [-0.1, -0.05) is 42.5 Å². The van der Waals surface area contributed by atoms with Gasteiger partial charge in [-0.3, -0.25) is 0 Å². The van der Waals surface area contributed by atoms with Gasteiger partial charge in [-0.05, 0) is 49.1 Å². The average molecular weight is 339 g/mol. The van der Waals surface area contributed by atoms with Gasteiger partial charge < -0.3 is 21.1 Å². The Kier molecular flexibility index (Phi) is 5.68. The number of rotatable bonds is 5. The van der Waals surface area contributed by atoms with E-state index < -0.39 is 5.60 Å². The van der Waals surface area contributed by atoms with Gasteiger partial charge in [0.25, 0.3) is 0 Å². The first-order chi connectivity index (χ1) is 12.1. The Morgan fingerprint density at radius 2 is 1.92 bits per heavy atom. The Labute approximate surface area is 148 Å². The van der Waals surface area contributed by atoms with E-state index in [1.54, 1.807) is 0 Å². The molecule has 0 spiro atoms. The van der Waals surface area contributed by atoms with Crippen LogP contribution in [-0.4, -0.2) is 36.4 Å². The van der Waals surface area contributed by atoms with Crippen LogP contribution in [0.5, 0.6) is 0 Å². The lowest BCUT2D eigenvalue weighted by Crippen LogP contribution is -2.53. The van der Waals surface area contributed by atoms with Crippen LogP contribution in [-0.2, 0) is 6.42 Å². The fourth-order valence-corrected chi connectivity index (χ4v) is 3.11. The molecule has 1 atom stereocenters. The topological polar surface area (TPSA) is 73.4 Å². The van der Waals surface area contributed by atoms with E-state index in [-0.39, 0.29) is 12.6 Å². The first kappa shape index (κ1) is 17.5. The van der Waals surface area contributed by atoms with Gasteiger partial charge in [0.2, 0.25) is 0 Å². The average Bonchev–Trinajstić information content (AvgIpc) is 2.62. The maximum Gasteiger partial charge on any atom is 0.319 e. The van der Waals surface area contributed by atoms with Crippen molar-refractivity contribution in [2.45, 2.75) is 24.9 Å². The number of nitrogens with one attached hydrogen (secondary N) is 3. The standard InChI is InChI=1S/C20H25N3O2/c24-19(22-15-20(25)10-5-11-21-14-20)23-18-9-4-8-17(13-18)12-16-6-2-1-3-7-16/h1-4,6-9,13,21,25H,5,10-12,14-15H2,(H2,22,23,24). The van der Waals surface area contributed by atoms with Crippen molar-refractivity contribution in [3.63, 3.8) is 0 Å². The molecule has 1 fully saturated rings. The second-order valence-corrected chi connectivity index (χ2v) is 6.68. The van der Waals surface area contributed by atoms with E-state index in [1.165, 1.54) is 5.56 Å². The Morgan fingerprint density at radius 3 is 2.68 bits per heavy atom. The fraction of sp³-hybridized carbons (Fsp3) is 0.350. The molecule has 0 aliphatic carbocycles. The van der Waals surface area contributed by atoms with Crippen molar-refractivity contribution in [1.82, 2.24) is 10.6 Å². The summed E-state index contributed by atoms with van der Waals surface area (Å²) in [5.41, 5.74) is 2.26. The Bertz CT molecular complexity index is 697. The van der Waals surface area contributed by atoms with Gasteiger partial charge in [0.15, 0.2) is 0 Å². The van der Waals surface area contributed by atoms with Gasteiger partial charge in [-0.25, -0.2) is 4.79 Å². The third-order valence-electron chi connectivity index (χ3n) is 4.46. The Morgan fingerprint density at radius 1 is 1.12 bits per heavy atom. The predicted molar refractivity (Wildman–Crippen MR) is 99.8 cm³/mol. The van der Waals surface area contributed by atoms with Crippen LogP contribution in [0.4, 0.5) is 10.5 Å². The molecule has 2 amide bonds. The third-order valence-corrected chi connectivity index (χ3v) is 4.46. The molecule has 25 heavy (non-hydrogen) atoms. The van der Waals surface area contributed by atoms with E-state index in [0.717, 1.165) is 30.6 Å². The zero-order valence-electron chi connectivity index (χ0n) is 14.3. The minimum Gasteiger partial charge on any atom is -0.387 e. The summed E-state index contributed by atoms with van der Waals surface area (Å²) in [4.78, 5) is 12.1. The predicted octanol–water partition coefficient (Wildman–Crippen LogP) is 2.51. The first-order valence-corrected chi connectivity index (χ1v) is 8.74. The summed E-state index contributed by atoms with van der Waals surface area (Å²) in [6.07, 6.45) is 2.44. The number of benzene rings is 2. The van der Waals surface area contributed by atoms with Crippen LogP contribution in [0.2, 0.25) is 0 Å². The zero-order valence-corrected chi connectivity index (χ0v) is 14.3. The highest BCUT2D eigenvalue weighted by atomic mass is 16.3. The summed E-state index contributed by atoms with van der Waals surface area (Å²) in [5, 5.41) is 19.2. The van der Waals surface area contributed by atoms with E-state index >= 15 is 0 Å². The summed E-state index contributed by atoms with van der Waals surface area (Å²) in [6.45, 7) is 1.68. The number of urea groups is 1. The molecule has 1 unspecified atom stereocenters. The van der Waals surface area contributed by atoms with Crippen LogP contribution in [0.1, 0.15) is 24.0 Å². The molecular formula is C20H25N3O2. The van der Waals surface area contributed by atoms with Crippen LogP contribution >= 0.6 is 0 Å². The van der Waals surface area contributed by atoms with Gasteiger partial charge in [-0.15, -0.1) is 0 Å². The van der Waals surface area contributed by atoms with Gasteiger partial charge in [0.1, 0.15) is 0 Å². The molecule has 0 saturated carbocycles. The van der Waals surface area contributed by atoms with Gasteiger partial charge in [-0.2, -0.15) is 0 Å². The van der Waals surface area contributed by atoms with Crippen molar-refractivity contribution >= 4 is 11.7 Å². The normalized spacial score (nSPS) is 20.0. The van der Waals surface area contributed by atoms with Crippen LogP contribution in [0.15, 0.2) is 54.6 Å². The molecule has 2 aromatic rings. The lowest BCUT2D eigenvalue weighted by molar-refractivity contribution is 0.0198. The highest BCUT2D eigenvalue weighted by molar-refractivity contribution is 5.89. The van der Waals surface area contributed by atoms with Crippen LogP contribution in [0.25, 0.3) is 0 Å². The lowest BCUT2D eigenvalue weighted by atomic mass is 9.94. The molecule has 1 aliphatic rings. The molecule has 0 radical (unpaired) electrons. The summed E-state index contributed by atoms with van der Waals surface area (Å²) in [7, 11) is 0. The number of piperidine rings is 1. The SMILES string of the molecule is O=C(NCC1(O)CCCNC1)Nc1cccc(Cc2ccccc2)c1. The smallest absolute Gasteiger partial charge is 0.319 e. The molecule has 4 N–H and O–H groups in total. The molecule has 1 aliphatic heterocycles. The summed E-state index contributed by atoms with van der Waals surface area (Å²) in [6, 6.07) is 17.8. The van der Waals surface area contributed by atoms with E-state index in [9.17, 15) is 9.90 Å². The minimum absolute atomic E-state index is 0.246. The van der Waals surface area contributed by atoms with Crippen molar-refractivity contribution in [2.24, 2.45) is 0 Å². The van der Waals surface area contributed by atoms with E-state index in [0.29, 0.717) is 13.0 Å². The quantitative estimate of drug-likeness (QED) is 0.676. The molecule has 5 heteroatoms. The van der Waals surface area contributed by atoms with E-state index in [4.69, 9.17) is 0 Å². The molecule has 0 bridgehead atoms. The van der Waals surface area contributed by atoms with Crippen molar-refractivity contribution in [2.75, 3.05) is 25.0 Å². The second kappa shape index (κ2) is 8.14. The molecule has 2 aromatic carbocycles. The number of carbonyl (C=O) groups excluding carboxylic acids is 1. The molecule has 1 heterocycles. The number of hydrogen-bond acceptors (Lipinski definition) is 3. The molecular weight excluding hydrogens is 314 g/mol. The lowest BCUT2D eigenvalue weighted by Gasteiger charge is -2.32. The van der Waals surface area contributed by atoms with Crippen molar-refractivity contribution in [3.8, 4) is 0 Å². The number of hydrogen-bond donors (Lipinski definition) is 4. The van der Waals surface area contributed by atoms with Crippen molar-refractivity contribution in [1.29, 1.82) is 0 Å². The highest BCUT2D eigenvalue weighted by Crippen LogP contribution is 2.16.